The van der Waals surface area contributed by atoms with Crippen molar-refractivity contribution < 1.29 is 9.31 Å². The van der Waals surface area contributed by atoms with Gasteiger partial charge in [-0.25, -0.2) is 4.39 Å². The highest BCUT2D eigenvalue weighted by Gasteiger charge is 2.33. The zero-order valence-corrected chi connectivity index (χ0v) is 8.02. The zero-order chi connectivity index (χ0) is 11.0. The number of rotatable bonds is 3. The van der Waals surface area contributed by atoms with Gasteiger partial charge in [0.05, 0.1) is 4.92 Å². The average Bonchev–Trinajstić information content (AvgIpc) is 2.99. The van der Waals surface area contributed by atoms with Crippen molar-refractivity contribution in [3.8, 4) is 0 Å². The Balaban J connectivity index is 2.41. The molecule has 4 nitrogen and oxygen atoms in total. The van der Waals surface area contributed by atoms with Crippen molar-refractivity contribution in [1.29, 1.82) is 0 Å². The van der Waals surface area contributed by atoms with Crippen molar-refractivity contribution in [1.82, 2.24) is 0 Å². The fraction of sp³-hybridized carbons (Fsp3) is 0.400. The van der Waals surface area contributed by atoms with Gasteiger partial charge in [-0.3, -0.25) is 10.1 Å². The first-order chi connectivity index (χ1) is 7.09. The maximum Gasteiger partial charge on any atom is 0.274 e. The molecule has 2 rings (SSSR count). The van der Waals surface area contributed by atoms with E-state index in [4.69, 9.17) is 5.73 Å². The second kappa shape index (κ2) is 3.58. The van der Waals surface area contributed by atoms with Gasteiger partial charge in [-0.05, 0) is 30.9 Å². The molecule has 1 aliphatic carbocycles. The summed E-state index contributed by atoms with van der Waals surface area (Å²) in [5, 5.41) is 10.7. The highest BCUT2D eigenvalue weighted by Crippen LogP contribution is 2.41. The SMILES string of the molecule is N[C@H](c1cc(F)ccc1[N+](=O)[O-])C1CC1. The number of nitro benzene ring substituents is 1. The Hall–Kier alpha value is -1.49. The van der Waals surface area contributed by atoms with E-state index < -0.39 is 16.8 Å². The van der Waals surface area contributed by atoms with Crippen LogP contribution in [0.15, 0.2) is 18.2 Å². The van der Waals surface area contributed by atoms with Crippen LogP contribution in [0.25, 0.3) is 0 Å². The molecule has 0 saturated heterocycles. The lowest BCUT2D eigenvalue weighted by molar-refractivity contribution is -0.385. The molecule has 0 unspecified atom stereocenters. The second-order valence-electron chi connectivity index (χ2n) is 3.82. The number of hydrogen-bond acceptors (Lipinski definition) is 3. The Kier molecular flexibility index (Phi) is 2.40. The van der Waals surface area contributed by atoms with Crippen LogP contribution >= 0.6 is 0 Å². The van der Waals surface area contributed by atoms with Gasteiger partial charge in [-0.15, -0.1) is 0 Å². The summed E-state index contributed by atoms with van der Waals surface area (Å²) < 4.78 is 13.0. The van der Waals surface area contributed by atoms with Gasteiger partial charge in [-0.1, -0.05) is 0 Å². The first kappa shape index (κ1) is 10.0. The van der Waals surface area contributed by atoms with Gasteiger partial charge in [0.15, 0.2) is 0 Å². The third-order valence-electron chi connectivity index (χ3n) is 2.68. The molecule has 0 amide bonds. The summed E-state index contributed by atoms with van der Waals surface area (Å²) in [4.78, 5) is 10.2. The molecule has 1 atom stereocenters. The molecule has 1 aromatic carbocycles. The van der Waals surface area contributed by atoms with Gasteiger partial charge < -0.3 is 5.73 Å². The Morgan fingerprint density at radius 1 is 1.53 bits per heavy atom. The van der Waals surface area contributed by atoms with Crippen LogP contribution in [0.3, 0.4) is 0 Å². The molecule has 15 heavy (non-hydrogen) atoms. The molecule has 0 spiro atoms. The normalized spacial score (nSPS) is 17.5. The van der Waals surface area contributed by atoms with Gasteiger partial charge in [0.1, 0.15) is 5.82 Å². The number of nitro groups is 1. The summed E-state index contributed by atoms with van der Waals surface area (Å²) in [5.74, 6) is -0.211. The maximum absolute atomic E-state index is 13.0. The molecule has 0 radical (unpaired) electrons. The van der Waals surface area contributed by atoms with Crippen LogP contribution in [0.4, 0.5) is 10.1 Å². The lowest BCUT2D eigenvalue weighted by Crippen LogP contribution is -2.14. The van der Waals surface area contributed by atoms with Crippen LogP contribution < -0.4 is 5.73 Å². The van der Waals surface area contributed by atoms with Crippen molar-refractivity contribution in [2.75, 3.05) is 0 Å². The van der Waals surface area contributed by atoms with Gasteiger partial charge in [0.25, 0.3) is 5.69 Å². The summed E-state index contributed by atoms with van der Waals surface area (Å²) in [7, 11) is 0. The quantitative estimate of drug-likeness (QED) is 0.613. The van der Waals surface area contributed by atoms with Crippen LogP contribution in [0.2, 0.25) is 0 Å². The number of nitrogens with two attached hydrogens (primary N) is 1. The Bertz CT molecular complexity index is 404. The van der Waals surface area contributed by atoms with Gasteiger partial charge in [0.2, 0.25) is 0 Å². The minimum Gasteiger partial charge on any atom is -0.323 e. The first-order valence-corrected chi connectivity index (χ1v) is 4.79. The van der Waals surface area contributed by atoms with Gasteiger partial charge in [-0.2, -0.15) is 0 Å². The molecule has 1 aromatic rings. The molecule has 80 valence electrons. The topological polar surface area (TPSA) is 69.2 Å². The number of halogens is 1. The highest BCUT2D eigenvalue weighted by molar-refractivity contribution is 5.43. The standard InChI is InChI=1S/C10H11FN2O2/c11-7-3-4-9(13(14)15)8(5-7)10(12)6-1-2-6/h3-6,10H,1-2,12H2/t10-/m0/s1. The van der Waals surface area contributed by atoms with Crippen LogP contribution in [0.1, 0.15) is 24.4 Å². The molecule has 0 aromatic heterocycles. The summed E-state index contributed by atoms with van der Waals surface area (Å²) in [6.45, 7) is 0. The predicted molar refractivity (Wildman–Crippen MR) is 52.7 cm³/mol. The van der Waals surface area contributed by atoms with Crippen LogP contribution in [-0.2, 0) is 0 Å². The summed E-state index contributed by atoms with van der Waals surface area (Å²) >= 11 is 0. The average molecular weight is 210 g/mol. The third kappa shape index (κ3) is 1.97. The molecule has 0 aliphatic heterocycles. The molecule has 1 saturated carbocycles. The van der Waals surface area contributed by atoms with Gasteiger partial charge in [0, 0.05) is 17.7 Å². The van der Waals surface area contributed by atoms with Crippen molar-refractivity contribution in [2.24, 2.45) is 11.7 Å². The van der Waals surface area contributed by atoms with E-state index in [1.807, 2.05) is 0 Å². The minimum absolute atomic E-state index is 0.0872. The molecule has 0 heterocycles. The molecule has 1 aliphatic rings. The zero-order valence-electron chi connectivity index (χ0n) is 8.02. The highest BCUT2D eigenvalue weighted by atomic mass is 19.1. The Labute approximate surface area is 86.0 Å². The lowest BCUT2D eigenvalue weighted by atomic mass is 10.0. The van der Waals surface area contributed by atoms with Crippen LogP contribution in [0.5, 0.6) is 0 Å². The minimum atomic E-state index is -0.517. The monoisotopic (exact) mass is 210 g/mol. The molecular formula is C10H11FN2O2. The molecule has 5 heteroatoms. The van der Waals surface area contributed by atoms with Crippen molar-refractivity contribution >= 4 is 5.69 Å². The fourth-order valence-corrected chi connectivity index (χ4v) is 1.67. The number of nitrogens with zero attached hydrogens (tertiary/aromatic N) is 1. The van der Waals surface area contributed by atoms with E-state index in [9.17, 15) is 14.5 Å². The van der Waals surface area contributed by atoms with E-state index in [-0.39, 0.29) is 11.6 Å². The lowest BCUT2D eigenvalue weighted by Gasteiger charge is -2.10. The first-order valence-electron chi connectivity index (χ1n) is 4.79. The van der Waals surface area contributed by atoms with E-state index in [2.05, 4.69) is 0 Å². The van der Waals surface area contributed by atoms with E-state index >= 15 is 0 Å². The fourth-order valence-electron chi connectivity index (χ4n) is 1.67. The summed E-state index contributed by atoms with van der Waals surface area (Å²) in [6.07, 6.45) is 1.93. The van der Waals surface area contributed by atoms with E-state index in [1.165, 1.54) is 12.1 Å². The van der Waals surface area contributed by atoms with Crippen LogP contribution in [0, 0.1) is 21.8 Å². The molecule has 0 bridgehead atoms. The summed E-state index contributed by atoms with van der Waals surface area (Å²) in [5.41, 5.74) is 6.06. The predicted octanol–water partition coefficient (Wildman–Crippen LogP) is 2.14. The van der Waals surface area contributed by atoms with E-state index in [1.54, 1.807) is 0 Å². The van der Waals surface area contributed by atoms with Crippen molar-refractivity contribution in [3.63, 3.8) is 0 Å². The third-order valence-corrected chi connectivity index (χ3v) is 2.68. The smallest absolute Gasteiger partial charge is 0.274 e. The molecule has 1 fully saturated rings. The van der Waals surface area contributed by atoms with E-state index in [0.29, 0.717) is 5.56 Å². The molecular weight excluding hydrogens is 199 g/mol. The van der Waals surface area contributed by atoms with Crippen molar-refractivity contribution in [3.05, 3.63) is 39.7 Å². The number of hydrogen-bond donors (Lipinski definition) is 1. The van der Waals surface area contributed by atoms with Crippen molar-refractivity contribution in [2.45, 2.75) is 18.9 Å². The molecule has 2 N–H and O–H groups in total. The number of benzene rings is 1. The van der Waals surface area contributed by atoms with E-state index in [0.717, 1.165) is 18.9 Å². The Morgan fingerprint density at radius 2 is 2.20 bits per heavy atom. The van der Waals surface area contributed by atoms with Crippen LogP contribution in [-0.4, -0.2) is 4.92 Å². The second-order valence-corrected chi connectivity index (χ2v) is 3.82. The largest absolute Gasteiger partial charge is 0.323 e. The maximum atomic E-state index is 13.0. The van der Waals surface area contributed by atoms with Gasteiger partial charge >= 0.3 is 0 Å². The summed E-state index contributed by atoms with van der Waals surface area (Å²) in [6, 6.07) is 3.01. The Morgan fingerprint density at radius 3 is 2.73 bits per heavy atom.